The lowest BCUT2D eigenvalue weighted by atomic mass is 10.0. The van der Waals surface area contributed by atoms with Gasteiger partial charge in [0, 0.05) is 18.9 Å². The molecule has 1 aliphatic rings. The molecule has 1 atom stereocenters. The zero-order valence-electron chi connectivity index (χ0n) is 11.6. The predicted molar refractivity (Wildman–Crippen MR) is 76.2 cm³/mol. The van der Waals surface area contributed by atoms with Crippen molar-refractivity contribution in [1.29, 1.82) is 0 Å². The summed E-state index contributed by atoms with van der Waals surface area (Å²) in [6, 6.07) is 4.34. The highest BCUT2D eigenvalue weighted by Crippen LogP contribution is 2.26. The van der Waals surface area contributed by atoms with Crippen molar-refractivity contribution in [2.75, 3.05) is 0 Å². The first kappa shape index (κ1) is 12.4. The van der Waals surface area contributed by atoms with E-state index in [9.17, 15) is 4.79 Å². The number of nitrogens with zero attached hydrogens (tertiary/aromatic N) is 2. The number of aromatic nitrogens is 2. The highest BCUT2D eigenvalue weighted by atomic mass is 16.1. The number of carbonyl (C=O) groups excluding carboxylic acids is 1. The van der Waals surface area contributed by atoms with Gasteiger partial charge in [0.1, 0.15) is 5.78 Å². The molecule has 0 bridgehead atoms. The van der Waals surface area contributed by atoms with Crippen molar-refractivity contribution >= 4 is 16.8 Å². The van der Waals surface area contributed by atoms with Crippen molar-refractivity contribution in [2.24, 2.45) is 5.92 Å². The number of rotatable bonds is 3. The van der Waals surface area contributed by atoms with Gasteiger partial charge < -0.3 is 4.57 Å². The first-order valence-electron chi connectivity index (χ1n) is 7.10. The second kappa shape index (κ2) is 4.80. The van der Waals surface area contributed by atoms with E-state index >= 15 is 0 Å². The average molecular weight is 256 g/mol. The number of hydrogen-bond acceptors (Lipinski definition) is 2. The van der Waals surface area contributed by atoms with Crippen molar-refractivity contribution < 1.29 is 4.79 Å². The number of fused-ring (bicyclic) bond motifs is 1. The molecular weight excluding hydrogens is 236 g/mol. The van der Waals surface area contributed by atoms with Crippen molar-refractivity contribution in [2.45, 2.75) is 46.1 Å². The summed E-state index contributed by atoms with van der Waals surface area (Å²) in [6.45, 7) is 5.15. The highest BCUT2D eigenvalue weighted by Gasteiger charge is 2.23. The number of aryl methyl sites for hydroxylation is 3. The SMILES string of the molecule is Cc1cc2ncn(CC[C@H]3CCCC3=O)c2cc1C. The summed E-state index contributed by atoms with van der Waals surface area (Å²) < 4.78 is 2.19. The van der Waals surface area contributed by atoms with E-state index in [0.717, 1.165) is 37.7 Å². The van der Waals surface area contributed by atoms with Gasteiger partial charge in [0.15, 0.2) is 0 Å². The van der Waals surface area contributed by atoms with Gasteiger partial charge in [-0.05, 0) is 56.4 Å². The maximum Gasteiger partial charge on any atom is 0.136 e. The summed E-state index contributed by atoms with van der Waals surface area (Å²) in [5.74, 6) is 0.737. The standard InChI is InChI=1S/C16H20N2O/c1-11-8-14-15(9-12(11)2)18(10-17-14)7-6-13-4-3-5-16(13)19/h8-10,13H,3-7H2,1-2H3/t13-/m1/s1. The van der Waals surface area contributed by atoms with Gasteiger partial charge in [-0.3, -0.25) is 4.79 Å². The summed E-state index contributed by atoms with van der Waals surface area (Å²) in [5, 5.41) is 0. The molecule has 2 aromatic rings. The molecule has 1 aromatic carbocycles. The second-order valence-corrected chi connectivity index (χ2v) is 5.71. The normalized spacial score (nSPS) is 19.5. The smallest absolute Gasteiger partial charge is 0.136 e. The van der Waals surface area contributed by atoms with Crippen molar-refractivity contribution in [3.63, 3.8) is 0 Å². The Morgan fingerprint density at radius 2 is 2.11 bits per heavy atom. The number of ketones is 1. The van der Waals surface area contributed by atoms with Crippen molar-refractivity contribution in [3.05, 3.63) is 29.6 Å². The van der Waals surface area contributed by atoms with Crippen LogP contribution in [0.4, 0.5) is 0 Å². The Morgan fingerprint density at radius 3 is 2.84 bits per heavy atom. The van der Waals surface area contributed by atoms with E-state index in [2.05, 4.69) is 35.5 Å². The van der Waals surface area contributed by atoms with Crippen LogP contribution in [0.2, 0.25) is 0 Å². The quantitative estimate of drug-likeness (QED) is 0.843. The molecule has 1 saturated carbocycles. The van der Waals surface area contributed by atoms with Crippen LogP contribution in [0.3, 0.4) is 0 Å². The molecule has 1 aliphatic carbocycles. The van der Waals surface area contributed by atoms with Gasteiger partial charge in [-0.15, -0.1) is 0 Å². The van der Waals surface area contributed by atoms with E-state index in [1.807, 2.05) is 6.33 Å². The molecule has 0 aliphatic heterocycles. The monoisotopic (exact) mass is 256 g/mol. The molecule has 3 nitrogen and oxygen atoms in total. The van der Waals surface area contributed by atoms with Crippen LogP contribution >= 0.6 is 0 Å². The van der Waals surface area contributed by atoms with E-state index < -0.39 is 0 Å². The molecule has 19 heavy (non-hydrogen) atoms. The van der Waals surface area contributed by atoms with Crippen molar-refractivity contribution in [1.82, 2.24) is 9.55 Å². The summed E-state index contributed by atoms with van der Waals surface area (Å²) >= 11 is 0. The van der Waals surface area contributed by atoms with Gasteiger partial charge in [0.2, 0.25) is 0 Å². The number of Topliss-reactive ketones (excluding diaryl/α,β-unsaturated/α-hetero) is 1. The second-order valence-electron chi connectivity index (χ2n) is 5.71. The number of benzene rings is 1. The number of imidazole rings is 1. The fourth-order valence-electron chi connectivity index (χ4n) is 2.98. The van der Waals surface area contributed by atoms with Crippen molar-refractivity contribution in [3.8, 4) is 0 Å². The summed E-state index contributed by atoms with van der Waals surface area (Å²) in [5.41, 5.74) is 4.82. The van der Waals surface area contributed by atoms with Crippen LogP contribution in [0, 0.1) is 19.8 Å². The zero-order valence-corrected chi connectivity index (χ0v) is 11.6. The lowest BCUT2D eigenvalue weighted by Crippen LogP contribution is -2.10. The van der Waals surface area contributed by atoms with Gasteiger partial charge in [-0.1, -0.05) is 0 Å². The van der Waals surface area contributed by atoms with Crippen LogP contribution in [0.5, 0.6) is 0 Å². The Kier molecular flexibility index (Phi) is 3.13. The first-order valence-corrected chi connectivity index (χ1v) is 7.10. The molecule has 3 rings (SSSR count). The first-order chi connectivity index (χ1) is 9.15. The predicted octanol–water partition coefficient (Wildman–Crippen LogP) is 3.41. The fraction of sp³-hybridized carbons (Fsp3) is 0.500. The van der Waals surface area contributed by atoms with Crippen LogP contribution in [-0.4, -0.2) is 15.3 Å². The van der Waals surface area contributed by atoms with Gasteiger partial charge in [0.05, 0.1) is 17.4 Å². The van der Waals surface area contributed by atoms with Crippen LogP contribution in [0.1, 0.15) is 36.8 Å². The lowest BCUT2D eigenvalue weighted by molar-refractivity contribution is -0.120. The minimum absolute atomic E-state index is 0.281. The third kappa shape index (κ3) is 2.29. The maximum absolute atomic E-state index is 11.7. The van der Waals surface area contributed by atoms with Gasteiger partial charge in [-0.2, -0.15) is 0 Å². The Bertz CT molecular complexity index is 627. The minimum Gasteiger partial charge on any atom is -0.331 e. The van der Waals surface area contributed by atoms with Crippen LogP contribution in [0.25, 0.3) is 11.0 Å². The molecule has 3 heteroatoms. The number of carbonyl (C=O) groups is 1. The largest absolute Gasteiger partial charge is 0.331 e. The van der Waals surface area contributed by atoms with Crippen LogP contribution in [-0.2, 0) is 11.3 Å². The molecule has 0 amide bonds. The van der Waals surface area contributed by atoms with Crippen LogP contribution in [0.15, 0.2) is 18.5 Å². The van der Waals surface area contributed by atoms with Crippen LogP contribution < -0.4 is 0 Å². The molecule has 1 heterocycles. The lowest BCUT2D eigenvalue weighted by Gasteiger charge is -2.09. The van der Waals surface area contributed by atoms with E-state index in [-0.39, 0.29) is 5.92 Å². The minimum atomic E-state index is 0.281. The Labute approximate surface area is 113 Å². The third-order valence-electron chi connectivity index (χ3n) is 4.39. The third-order valence-corrected chi connectivity index (χ3v) is 4.39. The Hall–Kier alpha value is -1.64. The van der Waals surface area contributed by atoms with Gasteiger partial charge in [-0.25, -0.2) is 4.98 Å². The van der Waals surface area contributed by atoms with E-state index in [1.165, 1.54) is 16.6 Å². The summed E-state index contributed by atoms with van der Waals surface area (Å²) in [4.78, 5) is 16.1. The zero-order chi connectivity index (χ0) is 13.4. The molecule has 0 radical (unpaired) electrons. The Morgan fingerprint density at radius 1 is 1.32 bits per heavy atom. The number of hydrogen-bond donors (Lipinski definition) is 0. The summed E-state index contributed by atoms with van der Waals surface area (Å²) in [6.07, 6.45) is 5.80. The molecule has 0 spiro atoms. The average Bonchev–Trinajstić information content (AvgIpc) is 2.95. The Balaban J connectivity index is 1.81. The molecule has 0 unspecified atom stereocenters. The fourth-order valence-corrected chi connectivity index (χ4v) is 2.98. The molecule has 0 N–H and O–H groups in total. The molecular formula is C16H20N2O. The molecule has 1 aromatic heterocycles. The molecule has 0 saturated heterocycles. The topological polar surface area (TPSA) is 34.9 Å². The van der Waals surface area contributed by atoms with E-state index in [1.54, 1.807) is 0 Å². The highest BCUT2D eigenvalue weighted by molar-refractivity contribution is 5.82. The van der Waals surface area contributed by atoms with E-state index in [4.69, 9.17) is 0 Å². The van der Waals surface area contributed by atoms with Gasteiger partial charge in [0.25, 0.3) is 0 Å². The van der Waals surface area contributed by atoms with Gasteiger partial charge >= 0.3 is 0 Å². The molecule has 1 fully saturated rings. The van der Waals surface area contributed by atoms with E-state index in [0.29, 0.717) is 5.78 Å². The molecule has 100 valence electrons. The maximum atomic E-state index is 11.7. The summed E-state index contributed by atoms with van der Waals surface area (Å²) in [7, 11) is 0.